The van der Waals surface area contributed by atoms with E-state index in [1.807, 2.05) is 30.3 Å². The summed E-state index contributed by atoms with van der Waals surface area (Å²) in [6.07, 6.45) is 5.52. The Labute approximate surface area is 114 Å². The molecule has 19 heavy (non-hydrogen) atoms. The maximum Gasteiger partial charge on any atom is 0.222 e. The molecule has 2 saturated carbocycles. The molecule has 3 rings (SSSR count). The molecule has 3 N–H and O–H groups in total. The molecule has 3 heteroatoms. The maximum absolute atomic E-state index is 12.1. The molecule has 0 saturated heterocycles. The molecule has 0 aromatic heterocycles. The third kappa shape index (κ3) is 3.35. The molecular formula is C16H22N2O. The molecule has 1 amide bonds. The lowest BCUT2D eigenvalue weighted by molar-refractivity contribution is -0.122. The summed E-state index contributed by atoms with van der Waals surface area (Å²) < 4.78 is 0. The molecule has 1 aromatic carbocycles. The molecule has 0 radical (unpaired) electrons. The van der Waals surface area contributed by atoms with Gasteiger partial charge < -0.3 is 11.1 Å². The van der Waals surface area contributed by atoms with E-state index >= 15 is 0 Å². The van der Waals surface area contributed by atoms with Crippen LogP contribution in [-0.4, -0.2) is 11.9 Å². The third-order valence-electron chi connectivity index (χ3n) is 4.22. The first-order chi connectivity index (χ1) is 9.24. The van der Waals surface area contributed by atoms with E-state index in [2.05, 4.69) is 5.32 Å². The van der Waals surface area contributed by atoms with Crippen LogP contribution >= 0.6 is 0 Å². The van der Waals surface area contributed by atoms with Gasteiger partial charge in [-0.05, 0) is 43.1 Å². The molecule has 3 nitrogen and oxygen atoms in total. The van der Waals surface area contributed by atoms with Gasteiger partial charge in [0.2, 0.25) is 5.91 Å². The van der Waals surface area contributed by atoms with E-state index in [9.17, 15) is 4.79 Å². The second-order valence-electron chi connectivity index (χ2n) is 5.99. The molecule has 1 atom stereocenters. The van der Waals surface area contributed by atoms with Crippen LogP contribution in [0.5, 0.6) is 0 Å². The number of hydrogen-bond acceptors (Lipinski definition) is 2. The van der Waals surface area contributed by atoms with Crippen molar-refractivity contribution in [2.24, 2.45) is 17.6 Å². The fourth-order valence-electron chi connectivity index (χ4n) is 2.79. The van der Waals surface area contributed by atoms with Gasteiger partial charge in [-0.15, -0.1) is 0 Å². The van der Waals surface area contributed by atoms with Crippen molar-refractivity contribution in [3.8, 4) is 0 Å². The van der Waals surface area contributed by atoms with Gasteiger partial charge in [0.25, 0.3) is 0 Å². The number of nitrogens with one attached hydrogen (secondary N) is 1. The van der Waals surface area contributed by atoms with Crippen LogP contribution in [0.1, 0.15) is 43.7 Å². The van der Waals surface area contributed by atoms with Crippen LogP contribution in [-0.2, 0) is 4.79 Å². The van der Waals surface area contributed by atoms with E-state index < -0.39 is 0 Å². The highest BCUT2D eigenvalue weighted by molar-refractivity contribution is 5.77. The number of nitrogens with two attached hydrogens (primary N) is 1. The molecule has 102 valence electrons. The minimum atomic E-state index is -0.194. The largest absolute Gasteiger partial charge is 0.353 e. The third-order valence-corrected chi connectivity index (χ3v) is 4.22. The summed E-state index contributed by atoms with van der Waals surface area (Å²) in [6.45, 7) is 0. The van der Waals surface area contributed by atoms with E-state index in [1.165, 1.54) is 25.7 Å². The van der Waals surface area contributed by atoms with E-state index in [1.54, 1.807) is 0 Å². The summed E-state index contributed by atoms with van der Waals surface area (Å²) in [5.41, 5.74) is 7.13. The lowest BCUT2D eigenvalue weighted by Gasteiger charge is -2.19. The zero-order valence-electron chi connectivity index (χ0n) is 11.2. The molecule has 0 heterocycles. The summed E-state index contributed by atoms with van der Waals surface area (Å²) in [4.78, 5) is 12.1. The predicted molar refractivity (Wildman–Crippen MR) is 75.4 cm³/mol. The van der Waals surface area contributed by atoms with Gasteiger partial charge in [0.05, 0.1) is 0 Å². The van der Waals surface area contributed by atoms with Crippen LogP contribution < -0.4 is 11.1 Å². The highest BCUT2D eigenvalue weighted by Gasteiger charge is 2.42. The quantitative estimate of drug-likeness (QED) is 0.823. The van der Waals surface area contributed by atoms with Crippen LogP contribution in [0.15, 0.2) is 30.3 Å². The summed E-state index contributed by atoms with van der Waals surface area (Å²) in [6, 6.07) is 10.1. The first-order valence-corrected chi connectivity index (χ1v) is 7.34. The number of amides is 1. The van der Waals surface area contributed by atoms with Crippen LogP contribution in [0.4, 0.5) is 0 Å². The first-order valence-electron chi connectivity index (χ1n) is 7.34. The van der Waals surface area contributed by atoms with Crippen molar-refractivity contribution < 1.29 is 4.79 Å². The molecule has 2 fully saturated rings. The number of hydrogen-bond donors (Lipinski definition) is 2. The van der Waals surface area contributed by atoms with Crippen LogP contribution in [0.25, 0.3) is 0 Å². The van der Waals surface area contributed by atoms with Crippen LogP contribution in [0.3, 0.4) is 0 Å². The van der Waals surface area contributed by atoms with E-state index in [0.29, 0.717) is 12.5 Å². The highest BCUT2D eigenvalue weighted by Crippen LogP contribution is 2.44. The Morgan fingerprint density at radius 2 is 1.74 bits per heavy atom. The normalized spacial score (nSPS) is 20.3. The Bertz CT molecular complexity index is 425. The van der Waals surface area contributed by atoms with Gasteiger partial charge >= 0.3 is 0 Å². The second-order valence-corrected chi connectivity index (χ2v) is 5.99. The van der Waals surface area contributed by atoms with Gasteiger partial charge in [0, 0.05) is 18.5 Å². The summed E-state index contributed by atoms with van der Waals surface area (Å²) in [7, 11) is 0. The second kappa shape index (κ2) is 5.33. The Hall–Kier alpha value is -1.35. The Kier molecular flexibility index (Phi) is 3.56. The number of benzene rings is 1. The molecule has 1 unspecified atom stereocenters. The maximum atomic E-state index is 12.1. The molecule has 0 bridgehead atoms. The standard InChI is InChI=1S/C16H22N2O/c17-14(11-4-2-1-3-5-11)10-15(19)18-16(12-6-7-12)13-8-9-13/h1-5,12-14,16H,6-10,17H2,(H,18,19). The number of carbonyl (C=O) groups excluding carboxylic acids is 1. The van der Waals surface area contributed by atoms with Gasteiger partial charge in [-0.3, -0.25) is 4.79 Å². The highest BCUT2D eigenvalue weighted by atomic mass is 16.1. The summed E-state index contributed by atoms with van der Waals surface area (Å²) in [5.74, 6) is 1.59. The lowest BCUT2D eigenvalue weighted by atomic mass is 10.0. The van der Waals surface area contributed by atoms with Gasteiger partial charge in [-0.25, -0.2) is 0 Å². The average molecular weight is 258 g/mol. The van der Waals surface area contributed by atoms with Crippen molar-refractivity contribution >= 4 is 5.91 Å². The molecule has 0 spiro atoms. The molecule has 2 aliphatic carbocycles. The van der Waals surface area contributed by atoms with Crippen molar-refractivity contribution in [2.45, 2.75) is 44.2 Å². The van der Waals surface area contributed by atoms with Crippen molar-refractivity contribution in [1.29, 1.82) is 0 Å². The zero-order chi connectivity index (χ0) is 13.2. The van der Waals surface area contributed by atoms with Crippen molar-refractivity contribution in [2.75, 3.05) is 0 Å². The van der Waals surface area contributed by atoms with Gasteiger partial charge in [0.15, 0.2) is 0 Å². The zero-order valence-corrected chi connectivity index (χ0v) is 11.2. The monoisotopic (exact) mass is 258 g/mol. The fraction of sp³-hybridized carbons (Fsp3) is 0.562. The topological polar surface area (TPSA) is 55.1 Å². The molecule has 2 aliphatic rings. The van der Waals surface area contributed by atoms with Crippen LogP contribution in [0, 0.1) is 11.8 Å². The minimum Gasteiger partial charge on any atom is -0.353 e. The summed E-state index contributed by atoms with van der Waals surface area (Å²) >= 11 is 0. The van der Waals surface area contributed by atoms with E-state index in [4.69, 9.17) is 5.73 Å². The first kappa shape index (κ1) is 12.7. The Balaban J connectivity index is 1.53. The Morgan fingerprint density at radius 1 is 1.16 bits per heavy atom. The average Bonchev–Trinajstić information content (AvgIpc) is 3.30. The lowest BCUT2D eigenvalue weighted by Crippen LogP contribution is -2.39. The van der Waals surface area contributed by atoms with Crippen molar-refractivity contribution in [3.05, 3.63) is 35.9 Å². The molecule has 0 aliphatic heterocycles. The van der Waals surface area contributed by atoms with Crippen molar-refractivity contribution in [3.63, 3.8) is 0 Å². The number of rotatable bonds is 6. The molecular weight excluding hydrogens is 236 g/mol. The smallest absolute Gasteiger partial charge is 0.222 e. The van der Waals surface area contributed by atoms with Crippen molar-refractivity contribution in [1.82, 2.24) is 5.32 Å². The SMILES string of the molecule is NC(CC(=O)NC(C1CC1)C1CC1)c1ccccc1. The van der Waals surface area contributed by atoms with Gasteiger partial charge in [0.1, 0.15) is 0 Å². The fourth-order valence-corrected chi connectivity index (χ4v) is 2.79. The predicted octanol–water partition coefficient (Wildman–Crippen LogP) is 2.38. The summed E-state index contributed by atoms with van der Waals surface area (Å²) in [5, 5.41) is 3.22. The van der Waals surface area contributed by atoms with Crippen LogP contribution in [0.2, 0.25) is 0 Å². The minimum absolute atomic E-state index is 0.111. The van der Waals surface area contributed by atoms with Gasteiger partial charge in [-0.1, -0.05) is 30.3 Å². The number of carbonyl (C=O) groups is 1. The Morgan fingerprint density at radius 3 is 2.26 bits per heavy atom. The van der Waals surface area contributed by atoms with Gasteiger partial charge in [-0.2, -0.15) is 0 Å². The van der Waals surface area contributed by atoms with E-state index in [0.717, 1.165) is 17.4 Å². The molecule has 1 aromatic rings. The van der Waals surface area contributed by atoms with E-state index in [-0.39, 0.29) is 11.9 Å².